The number of rotatable bonds is 3. The molecule has 0 spiro atoms. The molecule has 0 radical (unpaired) electrons. The van der Waals surface area contributed by atoms with Crippen LogP contribution >= 0.6 is 0 Å². The van der Waals surface area contributed by atoms with Gasteiger partial charge in [-0.3, -0.25) is 4.98 Å². The maximum atomic E-state index is 5.74. The lowest BCUT2D eigenvalue weighted by Crippen LogP contribution is -1.89. The molecule has 3 rings (SSSR count). The number of methoxy groups -OCH3 is 1. The fourth-order valence-electron chi connectivity index (χ4n) is 1.80. The van der Waals surface area contributed by atoms with E-state index in [1.165, 1.54) is 0 Å². The van der Waals surface area contributed by atoms with Crippen molar-refractivity contribution in [2.24, 2.45) is 0 Å². The first-order valence-electron chi connectivity index (χ1n) is 5.88. The van der Waals surface area contributed by atoms with Crippen LogP contribution in [0, 0.1) is 0 Å². The molecule has 0 amide bonds. The second-order valence-electron chi connectivity index (χ2n) is 4.00. The van der Waals surface area contributed by atoms with Gasteiger partial charge in [-0.25, -0.2) is 4.98 Å². The fourth-order valence-corrected chi connectivity index (χ4v) is 1.80. The Morgan fingerprint density at radius 2 is 1.84 bits per heavy atom. The zero-order chi connectivity index (χ0) is 13.1. The summed E-state index contributed by atoms with van der Waals surface area (Å²) in [5, 5.41) is 1.04. The summed E-state index contributed by atoms with van der Waals surface area (Å²) in [7, 11) is 1.58. The quantitative estimate of drug-likeness (QED) is 0.716. The highest BCUT2D eigenvalue weighted by atomic mass is 16.5. The Bertz CT molecular complexity index is 696. The number of benzene rings is 1. The van der Waals surface area contributed by atoms with Gasteiger partial charge < -0.3 is 9.47 Å². The van der Waals surface area contributed by atoms with Crippen molar-refractivity contribution in [3.05, 3.63) is 54.9 Å². The van der Waals surface area contributed by atoms with Crippen molar-refractivity contribution in [2.75, 3.05) is 7.11 Å². The Morgan fingerprint density at radius 1 is 0.947 bits per heavy atom. The third-order valence-corrected chi connectivity index (χ3v) is 2.73. The van der Waals surface area contributed by atoms with Crippen molar-refractivity contribution in [2.45, 2.75) is 0 Å². The standard InChI is InChI=1S/C15H12N2O2/c1-18-15-7-5-13(10-17-15)19-12-4-6-14-11(9-12)3-2-8-16-14/h2-10H,1H3. The van der Waals surface area contributed by atoms with Gasteiger partial charge in [0.2, 0.25) is 5.88 Å². The van der Waals surface area contributed by atoms with E-state index >= 15 is 0 Å². The number of pyridine rings is 2. The molecule has 2 aromatic heterocycles. The van der Waals surface area contributed by atoms with Crippen molar-refractivity contribution >= 4 is 10.9 Å². The Kier molecular flexibility index (Phi) is 2.98. The minimum absolute atomic E-state index is 0.565. The van der Waals surface area contributed by atoms with E-state index in [1.54, 1.807) is 25.6 Å². The van der Waals surface area contributed by atoms with E-state index in [9.17, 15) is 0 Å². The summed E-state index contributed by atoms with van der Waals surface area (Å²) in [4.78, 5) is 8.36. The summed E-state index contributed by atoms with van der Waals surface area (Å²) in [6.07, 6.45) is 3.41. The van der Waals surface area contributed by atoms with Crippen LogP contribution in [0.1, 0.15) is 0 Å². The van der Waals surface area contributed by atoms with Gasteiger partial charge in [0.25, 0.3) is 0 Å². The molecule has 0 atom stereocenters. The molecular weight excluding hydrogens is 240 g/mol. The largest absolute Gasteiger partial charge is 0.481 e. The first-order valence-corrected chi connectivity index (χ1v) is 5.88. The van der Waals surface area contributed by atoms with E-state index in [2.05, 4.69) is 9.97 Å². The van der Waals surface area contributed by atoms with Crippen molar-refractivity contribution < 1.29 is 9.47 Å². The van der Waals surface area contributed by atoms with Gasteiger partial charge in [-0.2, -0.15) is 0 Å². The highest BCUT2D eigenvalue weighted by molar-refractivity contribution is 5.79. The van der Waals surface area contributed by atoms with E-state index in [1.807, 2.05) is 36.4 Å². The highest BCUT2D eigenvalue weighted by Gasteiger charge is 2.01. The maximum absolute atomic E-state index is 5.74. The summed E-state index contributed by atoms with van der Waals surface area (Å²) in [6, 6.07) is 13.3. The van der Waals surface area contributed by atoms with Gasteiger partial charge in [0.1, 0.15) is 11.5 Å². The van der Waals surface area contributed by atoms with Crippen LogP contribution in [0.25, 0.3) is 10.9 Å². The molecular formula is C15H12N2O2. The predicted molar refractivity (Wildman–Crippen MR) is 72.6 cm³/mol. The van der Waals surface area contributed by atoms with Crippen LogP contribution in [-0.2, 0) is 0 Å². The highest BCUT2D eigenvalue weighted by Crippen LogP contribution is 2.25. The minimum atomic E-state index is 0.565. The Labute approximate surface area is 110 Å². The van der Waals surface area contributed by atoms with E-state index in [-0.39, 0.29) is 0 Å². The van der Waals surface area contributed by atoms with Gasteiger partial charge in [-0.05, 0) is 30.3 Å². The van der Waals surface area contributed by atoms with Gasteiger partial charge in [0.05, 0.1) is 18.8 Å². The number of fused-ring (bicyclic) bond motifs is 1. The van der Waals surface area contributed by atoms with Crippen molar-refractivity contribution in [3.8, 4) is 17.4 Å². The fraction of sp³-hybridized carbons (Fsp3) is 0.0667. The third kappa shape index (κ3) is 2.47. The Balaban J connectivity index is 1.87. The van der Waals surface area contributed by atoms with E-state index in [0.29, 0.717) is 11.6 Å². The van der Waals surface area contributed by atoms with Crippen LogP contribution < -0.4 is 9.47 Å². The average Bonchev–Trinajstić information content (AvgIpc) is 2.48. The second kappa shape index (κ2) is 4.94. The molecule has 2 heterocycles. The smallest absolute Gasteiger partial charge is 0.213 e. The number of hydrogen-bond donors (Lipinski definition) is 0. The van der Waals surface area contributed by atoms with Gasteiger partial charge in [0, 0.05) is 17.6 Å². The Morgan fingerprint density at radius 3 is 2.63 bits per heavy atom. The second-order valence-corrected chi connectivity index (χ2v) is 4.00. The van der Waals surface area contributed by atoms with Crippen LogP contribution in [0.4, 0.5) is 0 Å². The SMILES string of the molecule is COc1ccc(Oc2ccc3ncccc3c2)cn1. The lowest BCUT2D eigenvalue weighted by molar-refractivity contribution is 0.395. The van der Waals surface area contributed by atoms with Crippen molar-refractivity contribution in [1.29, 1.82) is 0 Å². The first-order chi connectivity index (χ1) is 9.35. The number of nitrogens with zero attached hydrogens (tertiary/aromatic N) is 2. The summed E-state index contributed by atoms with van der Waals surface area (Å²) < 4.78 is 10.7. The molecule has 0 aliphatic rings. The summed E-state index contributed by atoms with van der Waals surface area (Å²) >= 11 is 0. The lowest BCUT2D eigenvalue weighted by atomic mass is 10.2. The molecule has 0 saturated heterocycles. The molecule has 0 bridgehead atoms. The molecule has 4 heteroatoms. The number of hydrogen-bond acceptors (Lipinski definition) is 4. The molecule has 0 saturated carbocycles. The molecule has 1 aromatic carbocycles. The molecule has 19 heavy (non-hydrogen) atoms. The zero-order valence-electron chi connectivity index (χ0n) is 10.4. The molecule has 4 nitrogen and oxygen atoms in total. The zero-order valence-corrected chi connectivity index (χ0v) is 10.4. The number of ether oxygens (including phenoxy) is 2. The maximum Gasteiger partial charge on any atom is 0.213 e. The van der Waals surface area contributed by atoms with Gasteiger partial charge in [0.15, 0.2) is 0 Å². The van der Waals surface area contributed by atoms with E-state index in [4.69, 9.17) is 9.47 Å². The third-order valence-electron chi connectivity index (χ3n) is 2.73. The molecule has 94 valence electrons. The molecule has 0 aliphatic heterocycles. The molecule has 0 N–H and O–H groups in total. The van der Waals surface area contributed by atoms with Crippen molar-refractivity contribution in [3.63, 3.8) is 0 Å². The van der Waals surface area contributed by atoms with Gasteiger partial charge in [-0.15, -0.1) is 0 Å². The van der Waals surface area contributed by atoms with Crippen LogP contribution in [0.3, 0.4) is 0 Å². The molecule has 3 aromatic rings. The topological polar surface area (TPSA) is 44.2 Å². The monoisotopic (exact) mass is 252 g/mol. The average molecular weight is 252 g/mol. The predicted octanol–water partition coefficient (Wildman–Crippen LogP) is 3.43. The van der Waals surface area contributed by atoms with Crippen LogP contribution in [-0.4, -0.2) is 17.1 Å². The van der Waals surface area contributed by atoms with Crippen molar-refractivity contribution in [1.82, 2.24) is 9.97 Å². The van der Waals surface area contributed by atoms with Gasteiger partial charge in [-0.1, -0.05) is 6.07 Å². The Hall–Kier alpha value is -2.62. The first kappa shape index (κ1) is 11.5. The van der Waals surface area contributed by atoms with E-state index < -0.39 is 0 Å². The van der Waals surface area contributed by atoms with Gasteiger partial charge >= 0.3 is 0 Å². The summed E-state index contributed by atoms with van der Waals surface area (Å²) in [5.41, 5.74) is 0.947. The minimum Gasteiger partial charge on any atom is -0.481 e. The summed E-state index contributed by atoms with van der Waals surface area (Å²) in [6.45, 7) is 0. The van der Waals surface area contributed by atoms with Crippen LogP contribution in [0.5, 0.6) is 17.4 Å². The van der Waals surface area contributed by atoms with Crippen LogP contribution in [0.15, 0.2) is 54.9 Å². The molecule has 0 fully saturated rings. The number of aromatic nitrogens is 2. The van der Waals surface area contributed by atoms with E-state index in [0.717, 1.165) is 16.7 Å². The molecule has 0 aliphatic carbocycles. The lowest BCUT2D eigenvalue weighted by Gasteiger charge is -2.06. The van der Waals surface area contributed by atoms with Crippen LogP contribution in [0.2, 0.25) is 0 Å². The summed E-state index contributed by atoms with van der Waals surface area (Å²) in [5.74, 6) is 1.99. The molecule has 0 unspecified atom stereocenters. The normalized spacial score (nSPS) is 10.4.